The Kier molecular flexibility index (Phi) is 4.09. The molecule has 29 heavy (non-hydrogen) atoms. The molecule has 7 nitrogen and oxygen atoms in total. The van der Waals surface area contributed by atoms with Crippen molar-refractivity contribution in [3.8, 4) is 11.3 Å². The van der Waals surface area contributed by atoms with E-state index in [4.69, 9.17) is 0 Å². The number of fused-ring (bicyclic) bond motifs is 2. The summed E-state index contributed by atoms with van der Waals surface area (Å²) >= 11 is 0. The van der Waals surface area contributed by atoms with Crippen LogP contribution in [0, 0.1) is 12.7 Å². The van der Waals surface area contributed by atoms with E-state index < -0.39 is 0 Å². The Labute approximate surface area is 166 Å². The van der Waals surface area contributed by atoms with Gasteiger partial charge in [0.2, 0.25) is 5.82 Å². The van der Waals surface area contributed by atoms with Crippen molar-refractivity contribution in [2.24, 2.45) is 0 Å². The van der Waals surface area contributed by atoms with Gasteiger partial charge in [-0.1, -0.05) is 0 Å². The number of rotatable bonds is 2. The van der Waals surface area contributed by atoms with E-state index in [0.717, 1.165) is 37.6 Å². The highest BCUT2D eigenvalue weighted by molar-refractivity contribution is 5.62. The minimum atomic E-state index is -0.386. The van der Waals surface area contributed by atoms with Gasteiger partial charge < -0.3 is 9.80 Å². The number of hydrogen-bond donors (Lipinski definition) is 1. The van der Waals surface area contributed by atoms with Gasteiger partial charge in [-0.3, -0.25) is 9.20 Å². The van der Waals surface area contributed by atoms with Crippen molar-refractivity contribution in [1.29, 1.82) is 0 Å². The first-order valence-corrected chi connectivity index (χ1v) is 9.65. The number of pyridine rings is 2. The molecule has 0 amide bonds. The van der Waals surface area contributed by atoms with Gasteiger partial charge in [0.15, 0.2) is 0 Å². The van der Waals surface area contributed by atoms with Gasteiger partial charge >= 0.3 is 5.65 Å². The number of hydrogen-bond acceptors (Lipinski definition) is 4. The van der Waals surface area contributed by atoms with Crippen LogP contribution in [0.25, 0.3) is 22.6 Å². The summed E-state index contributed by atoms with van der Waals surface area (Å²) in [5.74, 6) is -0.386. The maximum Gasteiger partial charge on any atom is 0.320 e. The molecule has 1 N–H and O–H groups in total. The Hall–Kier alpha value is -3.26. The molecule has 0 aromatic carbocycles. The van der Waals surface area contributed by atoms with Crippen molar-refractivity contribution in [1.82, 2.24) is 19.3 Å². The van der Waals surface area contributed by atoms with Crippen LogP contribution in [-0.2, 0) is 0 Å². The van der Waals surface area contributed by atoms with E-state index in [9.17, 15) is 9.18 Å². The van der Waals surface area contributed by atoms with Gasteiger partial charge in [-0.05, 0) is 25.2 Å². The van der Waals surface area contributed by atoms with Gasteiger partial charge in [-0.15, -0.1) is 0 Å². The first-order valence-electron chi connectivity index (χ1n) is 9.65. The first kappa shape index (κ1) is 17.8. The largest absolute Gasteiger partial charge is 0.368 e. The molecule has 0 saturated carbocycles. The van der Waals surface area contributed by atoms with Crippen LogP contribution in [0.1, 0.15) is 5.69 Å². The van der Waals surface area contributed by atoms with Crippen LogP contribution in [0.2, 0.25) is 0 Å². The second-order valence-electron chi connectivity index (χ2n) is 7.66. The first-order chi connectivity index (χ1) is 14.0. The lowest BCUT2D eigenvalue weighted by molar-refractivity contribution is -0.511. The molecule has 5 rings (SSSR count). The maximum atomic E-state index is 14.5. The molecular formula is C21H22FN6O+. The minimum absolute atomic E-state index is 0.184. The zero-order valence-electron chi connectivity index (χ0n) is 16.4. The Bertz CT molecular complexity index is 1290. The van der Waals surface area contributed by atoms with Crippen molar-refractivity contribution in [2.75, 3.05) is 38.1 Å². The highest BCUT2D eigenvalue weighted by Crippen LogP contribution is 2.20. The standard InChI is InChI=1S/C21H21FN6O/c1-14-11-27-12-15(9-17(22)21(27)23-14)18-10-20(29)28-13-16(3-4-19(28)24-18)26-7-5-25(2)6-8-26/h3-4,9-13H,5-8H2,1-2H3/p+1. The van der Waals surface area contributed by atoms with Crippen LogP contribution in [0.15, 0.2) is 47.7 Å². The fraction of sp³-hybridized carbons (Fsp3) is 0.286. The molecule has 1 aliphatic heterocycles. The zero-order valence-corrected chi connectivity index (χ0v) is 16.4. The molecule has 8 heteroatoms. The van der Waals surface area contributed by atoms with E-state index in [0.29, 0.717) is 22.6 Å². The molecule has 148 valence electrons. The maximum absolute atomic E-state index is 14.5. The van der Waals surface area contributed by atoms with Gasteiger partial charge in [0.05, 0.1) is 11.4 Å². The number of aryl methyl sites for hydroxylation is 1. The van der Waals surface area contributed by atoms with Gasteiger partial charge in [-0.2, -0.15) is 8.79 Å². The predicted octanol–water partition coefficient (Wildman–Crippen LogP) is 1.63. The van der Waals surface area contributed by atoms with Crippen molar-refractivity contribution in [3.63, 3.8) is 0 Å². The number of H-pyrrole nitrogens is 1. The van der Waals surface area contributed by atoms with E-state index in [1.54, 1.807) is 21.2 Å². The Balaban J connectivity index is 1.57. The number of imidazole rings is 1. The van der Waals surface area contributed by atoms with Gasteiger partial charge in [-0.25, -0.2) is 9.97 Å². The molecule has 4 aromatic rings. The average molecular weight is 393 g/mol. The van der Waals surface area contributed by atoms with E-state index in [-0.39, 0.29) is 11.4 Å². The van der Waals surface area contributed by atoms with Crippen LogP contribution in [-0.4, -0.2) is 52.5 Å². The SMILES string of the molecule is Cc1c[n+]2cc(-c3cc(=O)n4cc(N5CCN(C)CC5)ccc4n3)cc(F)c2[nH]1. The van der Waals surface area contributed by atoms with Crippen LogP contribution >= 0.6 is 0 Å². The summed E-state index contributed by atoms with van der Waals surface area (Å²) in [5, 5.41) is 0. The van der Waals surface area contributed by atoms with Crippen LogP contribution in [0.4, 0.5) is 10.1 Å². The van der Waals surface area contributed by atoms with E-state index in [2.05, 4.69) is 26.8 Å². The molecule has 1 aliphatic rings. The highest BCUT2D eigenvalue weighted by atomic mass is 19.1. The fourth-order valence-electron chi connectivity index (χ4n) is 3.86. The van der Waals surface area contributed by atoms with Crippen LogP contribution < -0.4 is 14.9 Å². The third-order valence-corrected chi connectivity index (χ3v) is 5.50. The lowest BCUT2D eigenvalue weighted by Crippen LogP contribution is -2.44. The average Bonchev–Trinajstić information content (AvgIpc) is 3.09. The van der Waals surface area contributed by atoms with Crippen LogP contribution in [0.3, 0.4) is 0 Å². The summed E-state index contributed by atoms with van der Waals surface area (Å²) in [6.45, 7) is 5.71. The molecular weight excluding hydrogens is 371 g/mol. The Morgan fingerprint density at radius 2 is 1.93 bits per heavy atom. The molecule has 0 bridgehead atoms. The number of piperazine rings is 1. The third-order valence-electron chi connectivity index (χ3n) is 5.50. The lowest BCUT2D eigenvalue weighted by atomic mass is 10.2. The molecule has 1 fully saturated rings. The van der Waals surface area contributed by atoms with Crippen molar-refractivity contribution >= 4 is 17.0 Å². The fourth-order valence-corrected chi connectivity index (χ4v) is 3.86. The topological polar surface area (TPSA) is 60.7 Å². The summed E-state index contributed by atoms with van der Waals surface area (Å²) in [7, 11) is 2.11. The second kappa shape index (κ2) is 6.66. The molecule has 1 saturated heterocycles. The molecule has 5 heterocycles. The van der Waals surface area contributed by atoms with Gasteiger partial charge in [0.1, 0.15) is 23.7 Å². The lowest BCUT2D eigenvalue weighted by Gasteiger charge is -2.34. The molecule has 0 unspecified atom stereocenters. The summed E-state index contributed by atoms with van der Waals surface area (Å²) < 4.78 is 17.7. The quantitative estimate of drug-likeness (QED) is 0.526. The molecule has 0 radical (unpaired) electrons. The van der Waals surface area contributed by atoms with Crippen molar-refractivity contribution < 1.29 is 8.79 Å². The van der Waals surface area contributed by atoms with Crippen molar-refractivity contribution in [3.05, 3.63) is 64.7 Å². The van der Waals surface area contributed by atoms with E-state index in [1.807, 2.05) is 25.3 Å². The number of anilines is 1. The summed E-state index contributed by atoms with van der Waals surface area (Å²) in [6.07, 6.45) is 5.42. The number of nitrogens with one attached hydrogen (secondary N) is 1. The van der Waals surface area contributed by atoms with Gasteiger partial charge in [0, 0.05) is 50.9 Å². The molecule has 0 atom stereocenters. The predicted molar refractivity (Wildman–Crippen MR) is 109 cm³/mol. The number of aromatic nitrogens is 4. The molecule has 0 spiro atoms. The highest BCUT2D eigenvalue weighted by Gasteiger charge is 2.17. The van der Waals surface area contributed by atoms with Gasteiger partial charge in [0.25, 0.3) is 5.56 Å². The molecule has 4 aromatic heterocycles. The minimum Gasteiger partial charge on any atom is -0.368 e. The Morgan fingerprint density at radius 3 is 2.72 bits per heavy atom. The number of aromatic amines is 1. The Morgan fingerprint density at radius 1 is 1.14 bits per heavy atom. The van der Waals surface area contributed by atoms with E-state index >= 15 is 0 Å². The summed E-state index contributed by atoms with van der Waals surface area (Å²) in [4.78, 5) is 24.9. The third kappa shape index (κ3) is 3.15. The number of halogens is 1. The smallest absolute Gasteiger partial charge is 0.320 e. The zero-order chi connectivity index (χ0) is 20.1. The van der Waals surface area contributed by atoms with Crippen molar-refractivity contribution in [2.45, 2.75) is 6.92 Å². The number of nitrogens with zero attached hydrogens (tertiary/aromatic N) is 5. The second-order valence-corrected chi connectivity index (χ2v) is 7.66. The monoisotopic (exact) mass is 393 g/mol. The number of likely N-dealkylation sites (N-methyl/N-ethyl adjacent to an activating group) is 1. The summed E-state index contributed by atoms with van der Waals surface area (Å²) in [5.41, 5.74) is 3.62. The molecule has 0 aliphatic carbocycles. The summed E-state index contributed by atoms with van der Waals surface area (Å²) in [6, 6.07) is 6.70. The van der Waals surface area contributed by atoms with Crippen LogP contribution in [0.5, 0.6) is 0 Å². The van der Waals surface area contributed by atoms with E-state index in [1.165, 1.54) is 12.1 Å². The normalized spacial score (nSPS) is 15.5.